The summed E-state index contributed by atoms with van der Waals surface area (Å²) in [4.78, 5) is 12.0. The van der Waals surface area contributed by atoms with Gasteiger partial charge in [0, 0.05) is 6.04 Å². The van der Waals surface area contributed by atoms with Crippen molar-refractivity contribution in [3.63, 3.8) is 0 Å². The van der Waals surface area contributed by atoms with E-state index in [1.807, 2.05) is 45.9 Å². The topological polar surface area (TPSA) is 66.5 Å². The molecule has 0 heterocycles. The van der Waals surface area contributed by atoms with Gasteiger partial charge in [0.15, 0.2) is 0 Å². The zero-order valence-corrected chi connectivity index (χ0v) is 14.1. The van der Waals surface area contributed by atoms with Crippen molar-refractivity contribution in [2.75, 3.05) is 17.1 Å². The summed E-state index contributed by atoms with van der Waals surface area (Å²) >= 11 is 0. The minimum absolute atomic E-state index is 0.0265. The number of aryl methyl sites for hydroxylation is 2. The van der Waals surface area contributed by atoms with Gasteiger partial charge in [-0.1, -0.05) is 25.1 Å². The molecular formula is C15H24N2O3S. The summed E-state index contributed by atoms with van der Waals surface area (Å²) < 4.78 is 25.4. The van der Waals surface area contributed by atoms with E-state index in [1.165, 1.54) is 4.31 Å². The standard InChI is InChI=1S/C15H24N2O3S/c1-6-13-9-7-8-12(4)15(13)17(21(5,19)20)10-14(18)16-11(2)3/h7-9,11H,6,10H2,1-5H3,(H,16,18). The molecule has 0 spiro atoms. The number of nitrogens with one attached hydrogen (secondary N) is 1. The van der Waals surface area contributed by atoms with Crippen LogP contribution in [-0.2, 0) is 21.2 Å². The fraction of sp³-hybridized carbons (Fsp3) is 0.533. The molecule has 0 bridgehead atoms. The maximum atomic E-state index is 12.1. The lowest BCUT2D eigenvalue weighted by Crippen LogP contribution is -2.43. The van der Waals surface area contributed by atoms with Gasteiger partial charge >= 0.3 is 0 Å². The molecule has 0 radical (unpaired) electrons. The first kappa shape index (κ1) is 17.5. The minimum atomic E-state index is -3.53. The second kappa shape index (κ2) is 6.93. The predicted molar refractivity (Wildman–Crippen MR) is 86.0 cm³/mol. The Bertz CT molecular complexity index is 609. The monoisotopic (exact) mass is 312 g/mol. The van der Waals surface area contributed by atoms with Gasteiger partial charge in [-0.15, -0.1) is 0 Å². The van der Waals surface area contributed by atoms with Crippen LogP contribution in [0.4, 0.5) is 5.69 Å². The van der Waals surface area contributed by atoms with Crippen molar-refractivity contribution in [2.24, 2.45) is 0 Å². The van der Waals surface area contributed by atoms with E-state index >= 15 is 0 Å². The molecule has 0 aliphatic carbocycles. The molecule has 0 saturated heterocycles. The van der Waals surface area contributed by atoms with Gasteiger partial charge in [-0.2, -0.15) is 0 Å². The molecule has 1 N–H and O–H groups in total. The van der Waals surface area contributed by atoms with Gasteiger partial charge in [0.25, 0.3) is 0 Å². The Morgan fingerprint density at radius 1 is 1.33 bits per heavy atom. The fourth-order valence-corrected chi connectivity index (χ4v) is 3.17. The van der Waals surface area contributed by atoms with E-state index in [4.69, 9.17) is 0 Å². The molecule has 6 heteroatoms. The number of sulfonamides is 1. The van der Waals surface area contributed by atoms with Gasteiger partial charge in [-0.3, -0.25) is 9.10 Å². The van der Waals surface area contributed by atoms with Crippen LogP contribution in [0.3, 0.4) is 0 Å². The Hall–Kier alpha value is -1.56. The fourth-order valence-electron chi connectivity index (χ4n) is 2.22. The third-order valence-electron chi connectivity index (χ3n) is 3.09. The lowest BCUT2D eigenvalue weighted by atomic mass is 10.1. The van der Waals surface area contributed by atoms with Crippen LogP contribution in [0.1, 0.15) is 31.9 Å². The highest BCUT2D eigenvalue weighted by Crippen LogP contribution is 2.27. The van der Waals surface area contributed by atoms with Gasteiger partial charge in [0.2, 0.25) is 15.9 Å². The van der Waals surface area contributed by atoms with Gasteiger partial charge in [0.1, 0.15) is 6.54 Å². The summed E-state index contributed by atoms with van der Waals surface area (Å²) in [6.45, 7) is 7.30. The maximum Gasteiger partial charge on any atom is 0.240 e. The van der Waals surface area contributed by atoms with Crippen LogP contribution < -0.4 is 9.62 Å². The minimum Gasteiger partial charge on any atom is -0.352 e. The smallest absolute Gasteiger partial charge is 0.240 e. The first-order valence-corrected chi connectivity index (χ1v) is 8.87. The molecule has 0 saturated carbocycles. The number of anilines is 1. The number of amides is 1. The van der Waals surface area contributed by atoms with Crippen LogP contribution in [-0.4, -0.2) is 33.2 Å². The average molecular weight is 312 g/mol. The highest BCUT2D eigenvalue weighted by Gasteiger charge is 2.24. The Balaban J connectivity index is 3.25. The van der Waals surface area contributed by atoms with Crippen LogP contribution in [0.15, 0.2) is 18.2 Å². The number of hydrogen-bond acceptors (Lipinski definition) is 3. The summed E-state index contributed by atoms with van der Waals surface area (Å²) in [7, 11) is -3.53. The summed E-state index contributed by atoms with van der Waals surface area (Å²) in [6.07, 6.45) is 1.83. The molecule has 118 valence electrons. The van der Waals surface area contributed by atoms with E-state index in [-0.39, 0.29) is 18.5 Å². The van der Waals surface area contributed by atoms with Crippen LogP contribution in [0.2, 0.25) is 0 Å². The molecule has 5 nitrogen and oxygen atoms in total. The number of carbonyl (C=O) groups is 1. The molecule has 1 amide bonds. The summed E-state index contributed by atoms with van der Waals surface area (Å²) in [5.74, 6) is -0.305. The highest BCUT2D eigenvalue weighted by atomic mass is 32.2. The molecule has 1 rings (SSSR count). The van der Waals surface area contributed by atoms with E-state index in [1.54, 1.807) is 0 Å². The molecule has 0 aromatic heterocycles. The summed E-state index contributed by atoms with van der Waals surface area (Å²) in [5, 5.41) is 2.73. The van der Waals surface area contributed by atoms with Crippen molar-refractivity contribution in [3.8, 4) is 0 Å². The third-order valence-corrected chi connectivity index (χ3v) is 4.20. The average Bonchev–Trinajstić information content (AvgIpc) is 2.34. The number of benzene rings is 1. The van der Waals surface area contributed by atoms with Gasteiger partial charge in [0.05, 0.1) is 11.9 Å². The Kier molecular flexibility index (Phi) is 5.78. The van der Waals surface area contributed by atoms with Crippen molar-refractivity contribution in [3.05, 3.63) is 29.3 Å². The zero-order chi connectivity index (χ0) is 16.2. The van der Waals surface area contributed by atoms with E-state index in [2.05, 4.69) is 5.32 Å². The zero-order valence-electron chi connectivity index (χ0n) is 13.3. The molecule has 21 heavy (non-hydrogen) atoms. The number of carbonyl (C=O) groups excluding carboxylic acids is 1. The van der Waals surface area contributed by atoms with Crippen LogP contribution in [0.25, 0.3) is 0 Å². The van der Waals surface area contributed by atoms with Crippen LogP contribution in [0.5, 0.6) is 0 Å². The van der Waals surface area contributed by atoms with Gasteiger partial charge < -0.3 is 5.32 Å². The van der Waals surface area contributed by atoms with Crippen LogP contribution >= 0.6 is 0 Å². The molecule has 0 atom stereocenters. The molecule has 0 unspecified atom stereocenters. The molecule has 1 aromatic carbocycles. The molecular weight excluding hydrogens is 288 g/mol. The highest BCUT2D eigenvalue weighted by molar-refractivity contribution is 7.92. The van der Waals surface area contributed by atoms with E-state index < -0.39 is 10.0 Å². The second-order valence-electron chi connectivity index (χ2n) is 5.43. The van der Waals surface area contributed by atoms with E-state index in [0.717, 1.165) is 17.4 Å². The maximum absolute atomic E-state index is 12.1. The van der Waals surface area contributed by atoms with E-state index in [0.29, 0.717) is 12.1 Å². The van der Waals surface area contributed by atoms with Crippen molar-refractivity contribution >= 4 is 21.6 Å². The normalized spacial score (nSPS) is 11.5. The third kappa shape index (κ3) is 4.74. The van der Waals surface area contributed by atoms with Gasteiger partial charge in [-0.25, -0.2) is 8.42 Å². The lowest BCUT2D eigenvalue weighted by Gasteiger charge is -2.26. The molecule has 0 fully saturated rings. The number of nitrogens with zero attached hydrogens (tertiary/aromatic N) is 1. The Morgan fingerprint density at radius 2 is 1.95 bits per heavy atom. The largest absolute Gasteiger partial charge is 0.352 e. The molecule has 0 aliphatic rings. The van der Waals surface area contributed by atoms with Crippen LogP contribution in [0, 0.1) is 6.92 Å². The molecule has 0 aliphatic heterocycles. The Labute approximate surface area is 127 Å². The van der Waals surface area contributed by atoms with Crippen molar-refractivity contribution in [1.29, 1.82) is 0 Å². The number of hydrogen-bond donors (Lipinski definition) is 1. The van der Waals surface area contributed by atoms with Crippen molar-refractivity contribution in [1.82, 2.24) is 5.32 Å². The number of rotatable bonds is 6. The summed E-state index contributed by atoms with van der Waals surface area (Å²) in [6, 6.07) is 5.61. The van der Waals surface area contributed by atoms with Crippen molar-refractivity contribution in [2.45, 2.75) is 40.2 Å². The Morgan fingerprint density at radius 3 is 2.43 bits per heavy atom. The second-order valence-corrected chi connectivity index (χ2v) is 7.33. The summed E-state index contributed by atoms with van der Waals surface area (Å²) in [5.41, 5.74) is 2.37. The quantitative estimate of drug-likeness (QED) is 0.871. The van der Waals surface area contributed by atoms with Crippen molar-refractivity contribution < 1.29 is 13.2 Å². The molecule has 1 aromatic rings. The van der Waals surface area contributed by atoms with Gasteiger partial charge in [-0.05, 0) is 38.3 Å². The predicted octanol–water partition coefficient (Wildman–Crippen LogP) is 1.85. The van der Waals surface area contributed by atoms with E-state index in [9.17, 15) is 13.2 Å². The SMILES string of the molecule is CCc1cccc(C)c1N(CC(=O)NC(C)C)S(C)(=O)=O. The first-order chi connectivity index (χ1) is 9.66. The number of para-hydroxylation sites is 1. The first-order valence-electron chi connectivity index (χ1n) is 7.02. The lowest BCUT2D eigenvalue weighted by molar-refractivity contribution is -0.120.